The van der Waals surface area contributed by atoms with E-state index in [-0.39, 0.29) is 19.1 Å². The van der Waals surface area contributed by atoms with Gasteiger partial charge in [-0.3, -0.25) is 0 Å². The van der Waals surface area contributed by atoms with E-state index >= 15 is 0 Å². The van der Waals surface area contributed by atoms with Gasteiger partial charge in [0.2, 0.25) is 0 Å². The van der Waals surface area contributed by atoms with Crippen molar-refractivity contribution in [2.75, 3.05) is 19.4 Å². The van der Waals surface area contributed by atoms with Gasteiger partial charge in [-0.1, -0.05) is 31.2 Å². The van der Waals surface area contributed by atoms with Gasteiger partial charge in [0, 0.05) is 24.1 Å². The van der Waals surface area contributed by atoms with Crippen molar-refractivity contribution in [3.63, 3.8) is 0 Å². The highest BCUT2D eigenvalue weighted by Gasteiger charge is 2.68. The molecule has 0 radical (unpaired) electrons. The Labute approximate surface area is 114 Å². The highest BCUT2D eigenvalue weighted by molar-refractivity contribution is 7.91. The minimum absolute atomic E-state index is 0.182. The molecule has 0 aliphatic heterocycles. The molecule has 1 saturated carbocycles. The number of aliphatic hydroxyl groups is 1. The number of rotatable bonds is 5. The van der Waals surface area contributed by atoms with E-state index in [2.05, 4.69) is 6.92 Å². The topological polar surface area (TPSA) is 80.4 Å². The van der Waals surface area contributed by atoms with Gasteiger partial charge in [0.1, 0.15) is 0 Å². The molecule has 1 aliphatic rings. The highest BCUT2D eigenvalue weighted by atomic mass is 32.2. The molecule has 0 unspecified atom stereocenters. The smallest absolute Gasteiger partial charge is 0.151 e. The molecule has 2 rings (SSSR count). The first-order valence-corrected chi connectivity index (χ1v) is 8.44. The maximum atomic E-state index is 11.9. The van der Waals surface area contributed by atoms with Crippen LogP contribution in [0.5, 0.6) is 0 Å². The van der Waals surface area contributed by atoms with E-state index in [1.165, 1.54) is 11.8 Å². The van der Waals surface area contributed by atoms with E-state index in [1.807, 2.05) is 24.3 Å². The Hall–Kier alpha value is -0.910. The lowest BCUT2D eigenvalue weighted by atomic mass is 9.99. The minimum atomic E-state index is -3.21. The standard InChI is InChI=1S/C14H21NO3S/c1-3-10-4-6-11(7-5-10)12-13(19(2,17)18)14(12,8-15)9-16/h4-7,12-13,16H,3,8-9,15H2,1-2H3/t12-,13-,14-/m1/s1. The van der Waals surface area contributed by atoms with Crippen molar-refractivity contribution in [3.8, 4) is 0 Å². The molecule has 0 saturated heterocycles. The fraction of sp³-hybridized carbons (Fsp3) is 0.571. The third-order valence-electron chi connectivity index (χ3n) is 4.26. The second kappa shape index (κ2) is 4.89. The van der Waals surface area contributed by atoms with Crippen LogP contribution in [-0.2, 0) is 16.3 Å². The van der Waals surface area contributed by atoms with E-state index in [9.17, 15) is 13.5 Å². The zero-order chi connectivity index (χ0) is 14.3. The molecule has 5 heteroatoms. The maximum absolute atomic E-state index is 11.9. The number of hydrogen-bond acceptors (Lipinski definition) is 4. The largest absolute Gasteiger partial charge is 0.396 e. The summed E-state index contributed by atoms with van der Waals surface area (Å²) in [5, 5.41) is 9.01. The molecule has 19 heavy (non-hydrogen) atoms. The van der Waals surface area contributed by atoms with Crippen LogP contribution in [-0.4, -0.2) is 38.2 Å². The molecular formula is C14H21NO3S. The molecule has 4 nitrogen and oxygen atoms in total. The molecule has 0 bridgehead atoms. The Morgan fingerprint density at radius 2 is 1.89 bits per heavy atom. The quantitative estimate of drug-likeness (QED) is 0.833. The Kier molecular flexibility index (Phi) is 3.73. The number of aliphatic hydroxyl groups excluding tert-OH is 1. The summed E-state index contributed by atoms with van der Waals surface area (Å²) in [4.78, 5) is 0. The van der Waals surface area contributed by atoms with Crippen LogP contribution in [0.4, 0.5) is 0 Å². The molecule has 3 atom stereocenters. The first-order chi connectivity index (χ1) is 8.90. The summed E-state index contributed by atoms with van der Waals surface area (Å²) < 4.78 is 23.7. The van der Waals surface area contributed by atoms with E-state index in [4.69, 9.17) is 5.73 Å². The molecular weight excluding hydrogens is 262 g/mol. The monoisotopic (exact) mass is 283 g/mol. The molecule has 1 aliphatic carbocycles. The van der Waals surface area contributed by atoms with Crippen molar-refractivity contribution in [3.05, 3.63) is 35.4 Å². The summed E-state index contributed by atoms with van der Waals surface area (Å²) in [5.41, 5.74) is 7.18. The van der Waals surface area contributed by atoms with Crippen LogP contribution in [0, 0.1) is 5.41 Å². The number of aryl methyl sites for hydroxylation is 1. The van der Waals surface area contributed by atoms with Crippen LogP contribution in [0.15, 0.2) is 24.3 Å². The van der Waals surface area contributed by atoms with Crippen LogP contribution in [0.3, 0.4) is 0 Å². The number of benzene rings is 1. The molecule has 0 amide bonds. The zero-order valence-corrected chi connectivity index (χ0v) is 12.2. The summed E-state index contributed by atoms with van der Waals surface area (Å²) in [6.07, 6.45) is 2.17. The van der Waals surface area contributed by atoms with Gasteiger partial charge < -0.3 is 10.8 Å². The highest BCUT2D eigenvalue weighted by Crippen LogP contribution is 2.61. The third kappa shape index (κ3) is 2.30. The van der Waals surface area contributed by atoms with Gasteiger partial charge in [0.05, 0.1) is 11.9 Å². The van der Waals surface area contributed by atoms with Crippen molar-refractivity contribution in [2.45, 2.75) is 24.5 Å². The normalized spacial score (nSPS) is 30.3. The van der Waals surface area contributed by atoms with E-state index < -0.39 is 20.5 Å². The lowest BCUT2D eigenvalue weighted by Gasteiger charge is -2.11. The minimum Gasteiger partial charge on any atom is -0.396 e. The van der Waals surface area contributed by atoms with E-state index in [1.54, 1.807) is 0 Å². The summed E-state index contributed by atoms with van der Waals surface area (Å²) in [7, 11) is -3.21. The number of nitrogens with two attached hydrogens (primary N) is 1. The average molecular weight is 283 g/mol. The summed E-state index contributed by atoms with van der Waals surface area (Å²) in [6.45, 7) is 2.06. The molecule has 0 aromatic heterocycles. The molecule has 0 spiro atoms. The van der Waals surface area contributed by atoms with Gasteiger partial charge in [0.15, 0.2) is 9.84 Å². The van der Waals surface area contributed by atoms with Crippen LogP contribution < -0.4 is 5.73 Å². The van der Waals surface area contributed by atoms with Crippen LogP contribution in [0.2, 0.25) is 0 Å². The van der Waals surface area contributed by atoms with Crippen molar-refractivity contribution >= 4 is 9.84 Å². The molecule has 106 valence electrons. The van der Waals surface area contributed by atoms with E-state index in [0.29, 0.717) is 0 Å². The van der Waals surface area contributed by atoms with Crippen molar-refractivity contribution in [1.82, 2.24) is 0 Å². The Balaban J connectivity index is 2.37. The first-order valence-electron chi connectivity index (χ1n) is 6.49. The van der Waals surface area contributed by atoms with E-state index in [0.717, 1.165) is 12.0 Å². The van der Waals surface area contributed by atoms with Gasteiger partial charge in [-0.25, -0.2) is 8.42 Å². The van der Waals surface area contributed by atoms with Crippen molar-refractivity contribution in [2.24, 2.45) is 11.1 Å². The van der Waals surface area contributed by atoms with Crippen molar-refractivity contribution in [1.29, 1.82) is 0 Å². The summed E-state index contributed by atoms with van der Waals surface area (Å²) >= 11 is 0. The van der Waals surface area contributed by atoms with Crippen LogP contribution in [0.1, 0.15) is 24.0 Å². The molecule has 0 heterocycles. The SMILES string of the molecule is CCc1ccc([C@@H]2[C@@H](S(C)(=O)=O)[C@]2(CN)CO)cc1. The van der Waals surface area contributed by atoms with Gasteiger partial charge >= 0.3 is 0 Å². The Morgan fingerprint density at radius 1 is 1.32 bits per heavy atom. The van der Waals surface area contributed by atoms with Gasteiger partial charge in [0.25, 0.3) is 0 Å². The first kappa shape index (κ1) is 14.5. The van der Waals surface area contributed by atoms with Gasteiger partial charge in [-0.2, -0.15) is 0 Å². The lowest BCUT2D eigenvalue weighted by Crippen LogP contribution is -2.27. The van der Waals surface area contributed by atoms with Crippen LogP contribution >= 0.6 is 0 Å². The van der Waals surface area contributed by atoms with Crippen molar-refractivity contribution < 1.29 is 13.5 Å². The lowest BCUT2D eigenvalue weighted by molar-refractivity contribution is 0.212. The summed E-state index contributed by atoms with van der Waals surface area (Å²) in [6, 6.07) is 7.92. The number of hydrogen-bond donors (Lipinski definition) is 2. The summed E-state index contributed by atoms with van der Waals surface area (Å²) in [5.74, 6) is -0.191. The fourth-order valence-electron chi connectivity index (χ4n) is 3.09. The van der Waals surface area contributed by atoms with Gasteiger partial charge in [-0.15, -0.1) is 0 Å². The maximum Gasteiger partial charge on any atom is 0.151 e. The molecule has 3 N–H and O–H groups in total. The zero-order valence-electron chi connectivity index (χ0n) is 11.3. The third-order valence-corrected chi connectivity index (χ3v) is 5.93. The molecule has 1 aromatic rings. The molecule has 1 fully saturated rings. The number of sulfone groups is 1. The predicted molar refractivity (Wildman–Crippen MR) is 75.8 cm³/mol. The predicted octanol–water partition coefficient (Wildman–Crippen LogP) is 0.697. The second-order valence-corrected chi connectivity index (χ2v) is 7.59. The molecule has 1 aromatic carbocycles. The van der Waals surface area contributed by atoms with Gasteiger partial charge in [-0.05, 0) is 17.5 Å². The second-order valence-electron chi connectivity index (χ2n) is 5.42. The Morgan fingerprint density at radius 3 is 2.21 bits per heavy atom. The Bertz CT molecular complexity index is 547. The fourth-order valence-corrected chi connectivity index (χ4v) is 5.10. The average Bonchev–Trinajstić information content (AvgIpc) is 3.09. The van der Waals surface area contributed by atoms with Crippen LogP contribution in [0.25, 0.3) is 0 Å².